The first-order valence-electron chi connectivity index (χ1n) is 8.19. The van der Waals surface area contributed by atoms with Crippen molar-refractivity contribution in [3.63, 3.8) is 0 Å². The molecule has 0 atom stereocenters. The summed E-state index contributed by atoms with van der Waals surface area (Å²) in [5.74, 6) is -0.115. The fraction of sp³-hybridized carbons (Fsp3) is 0.412. The van der Waals surface area contributed by atoms with E-state index in [-0.39, 0.29) is 24.8 Å². The summed E-state index contributed by atoms with van der Waals surface area (Å²) >= 11 is 1.17. The Bertz CT molecular complexity index is 775. The number of aromatic nitrogens is 2. The van der Waals surface area contributed by atoms with Crippen LogP contribution in [0.15, 0.2) is 17.6 Å². The first-order valence-corrected chi connectivity index (χ1v) is 9.07. The lowest BCUT2D eigenvalue weighted by Crippen LogP contribution is -2.21. The highest BCUT2D eigenvalue weighted by molar-refractivity contribution is 7.14. The molecule has 1 amide bonds. The molecule has 0 aliphatic heterocycles. The number of rotatable bonds is 6. The monoisotopic (exact) mass is 361 g/mol. The molecule has 25 heavy (non-hydrogen) atoms. The Morgan fingerprint density at radius 2 is 2.16 bits per heavy atom. The Labute approximate surface area is 149 Å². The van der Waals surface area contributed by atoms with Crippen molar-refractivity contribution >= 4 is 28.3 Å². The number of nitrogens with one attached hydrogen (secondary N) is 1. The minimum absolute atomic E-state index is 0.120. The van der Waals surface area contributed by atoms with Gasteiger partial charge in [0.05, 0.1) is 6.61 Å². The number of hydrogen-bond acceptors (Lipinski definition) is 7. The minimum Gasteiger partial charge on any atom is -0.483 e. The van der Waals surface area contributed by atoms with E-state index >= 15 is 0 Å². The standard InChI is InChI=1S/C17H19N3O4S/c1-2-23-16(22)13-10-25-17(19-13)20-15(21)9-24-14-7-8-18-12-6-4-3-5-11(12)14/h7-8,10H,2-6,9H2,1H3,(H,19,20,21). The van der Waals surface area contributed by atoms with Gasteiger partial charge in [-0.15, -0.1) is 11.3 Å². The van der Waals surface area contributed by atoms with Gasteiger partial charge in [0.1, 0.15) is 5.75 Å². The van der Waals surface area contributed by atoms with Gasteiger partial charge in [-0.2, -0.15) is 0 Å². The van der Waals surface area contributed by atoms with Gasteiger partial charge in [-0.05, 0) is 38.7 Å². The molecule has 0 aromatic carbocycles. The zero-order valence-electron chi connectivity index (χ0n) is 13.9. The third-order valence-corrected chi connectivity index (χ3v) is 4.54. The highest BCUT2D eigenvalue weighted by Gasteiger charge is 2.17. The maximum Gasteiger partial charge on any atom is 0.357 e. The number of amides is 1. The summed E-state index contributed by atoms with van der Waals surface area (Å²) < 4.78 is 10.5. The first-order chi connectivity index (χ1) is 12.2. The Kier molecular flexibility index (Phi) is 5.60. The molecule has 132 valence electrons. The molecule has 1 N–H and O–H groups in total. The number of thiazole rings is 1. The number of pyridine rings is 1. The molecule has 0 bridgehead atoms. The smallest absolute Gasteiger partial charge is 0.357 e. The van der Waals surface area contributed by atoms with Gasteiger partial charge in [0.15, 0.2) is 17.4 Å². The van der Waals surface area contributed by atoms with Gasteiger partial charge in [-0.3, -0.25) is 15.1 Å². The molecule has 0 saturated carbocycles. The normalized spacial score (nSPS) is 13.0. The molecule has 0 saturated heterocycles. The highest BCUT2D eigenvalue weighted by Crippen LogP contribution is 2.27. The second-order valence-corrected chi connectivity index (χ2v) is 6.39. The number of esters is 1. The second kappa shape index (κ2) is 8.06. The average molecular weight is 361 g/mol. The molecule has 8 heteroatoms. The lowest BCUT2D eigenvalue weighted by molar-refractivity contribution is -0.118. The van der Waals surface area contributed by atoms with E-state index in [4.69, 9.17) is 9.47 Å². The number of nitrogens with zero attached hydrogens (tertiary/aromatic N) is 2. The van der Waals surface area contributed by atoms with Crippen molar-refractivity contribution in [3.8, 4) is 5.75 Å². The summed E-state index contributed by atoms with van der Waals surface area (Å²) in [4.78, 5) is 32.0. The zero-order valence-corrected chi connectivity index (χ0v) is 14.7. The number of anilines is 1. The second-order valence-electron chi connectivity index (χ2n) is 5.54. The van der Waals surface area contributed by atoms with E-state index in [0.29, 0.717) is 10.9 Å². The molecule has 7 nitrogen and oxygen atoms in total. The largest absolute Gasteiger partial charge is 0.483 e. The number of fused-ring (bicyclic) bond motifs is 1. The molecule has 1 aliphatic carbocycles. The molecule has 0 spiro atoms. The number of carbonyl (C=O) groups excluding carboxylic acids is 2. The molecule has 0 fully saturated rings. The molecule has 2 aromatic heterocycles. The summed E-state index contributed by atoms with van der Waals surface area (Å²) in [6.07, 6.45) is 5.83. The molecule has 2 aromatic rings. The number of ether oxygens (including phenoxy) is 2. The quantitative estimate of drug-likeness (QED) is 0.796. The Morgan fingerprint density at radius 3 is 3.00 bits per heavy atom. The van der Waals surface area contributed by atoms with Crippen molar-refractivity contribution in [3.05, 3.63) is 34.6 Å². The van der Waals surface area contributed by atoms with Gasteiger partial charge >= 0.3 is 5.97 Å². The van der Waals surface area contributed by atoms with Crippen LogP contribution in [0.25, 0.3) is 0 Å². The Hall–Kier alpha value is -2.48. The Balaban J connectivity index is 1.56. The van der Waals surface area contributed by atoms with Crippen LogP contribution in [0.1, 0.15) is 41.5 Å². The van der Waals surface area contributed by atoms with Gasteiger partial charge in [0.25, 0.3) is 5.91 Å². The van der Waals surface area contributed by atoms with Crippen LogP contribution < -0.4 is 10.1 Å². The first kappa shape index (κ1) is 17.3. The van der Waals surface area contributed by atoms with Gasteiger partial charge in [-0.1, -0.05) is 0 Å². The minimum atomic E-state index is -0.501. The van der Waals surface area contributed by atoms with E-state index in [2.05, 4.69) is 15.3 Å². The maximum absolute atomic E-state index is 12.1. The van der Waals surface area contributed by atoms with Crippen molar-refractivity contribution in [1.82, 2.24) is 9.97 Å². The molecule has 0 radical (unpaired) electrons. The van der Waals surface area contributed by atoms with Gasteiger partial charge < -0.3 is 9.47 Å². The fourth-order valence-corrected chi connectivity index (χ4v) is 3.35. The lowest BCUT2D eigenvalue weighted by atomic mass is 9.95. The van der Waals surface area contributed by atoms with Crippen LogP contribution in [0.3, 0.4) is 0 Å². The topological polar surface area (TPSA) is 90.4 Å². The number of carbonyl (C=O) groups is 2. The lowest BCUT2D eigenvalue weighted by Gasteiger charge is -2.18. The van der Waals surface area contributed by atoms with E-state index < -0.39 is 5.97 Å². The number of aryl methyl sites for hydroxylation is 1. The molecule has 0 unspecified atom stereocenters. The predicted molar refractivity (Wildman–Crippen MR) is 93.1 cm³/mol. The van der Waals surface area contributed by atoms with Crippen LogP contribution in [-0.4, -0.2) is 35.1 Å². The third kappa shape index (κ3) is 4.33. The van der Waals surface area contributed by atoms with E-state index in [0.717, 1.165) is 36.9 Å². The van der Waals surface area contributed by atoms with Crippen molar-refractivity contribution in [1.29, 1.82) is 0 Å². The summed E-state index contributed by atoms with van der Waals surface area (Å²) in [5.41, 5.74) is 2.34. The van der Waals surface area contributed by atoms with Gasteiger partial charge in [0.2, 0.25) is 0 Å². The average Bonchev–Trinajstić information content (AvgIpc) is 3.08. The van der Waals surface area contributed by atoms with E-state index in [9.17, 15) is 9.59 Å². The zero-order chi connectivity index (χ0) is 17.6. The maximum atomic E-state index is 12.1. The predicted octanol–water partition coefficient (Wildman–Crippen LogP) is 2.61. The van der Waals surface area contributed by atoms with Crippen molar-refractivity contribution < 1.29 is 19.1 Å². The summed E-state index contributed by atoms with van der Waals surface area (Å²) in [6, 6.07) is 1.79. The molecular weight excluding hydrogens is 342 g/mol. The summed E-state index contributed by atoms with van der Waals surface area (Å²) in [6.45, 7) is 1.88. The van der Waals surface area contributed by atoms with Crippen LogP contribution >= 0.6 is 11.3 Å². The summed E-state index contributed by atoms with van der Waals surface area (Å²) in [7, 11) is 0. The fourth-order valence-electron chi connectivity index (χ4n) is 2.66. The van der Waals surface area contributed by atoms with Crippen LogP contribution in [0, 0.1) is 0 Å². The summed E-state index contributed by atoms with van der Waals surface area (Å²) in [5, 5.41) is 4.52. The molecule has 2 heterocycles. The SMILES string of the molecule is CCOC(=O)c1csc(NC(=O)COc2ccnc3c2CCCC3)n1. The van der Waals surface area contributed by atoms with Crippen LogP contribution in [-0.2, 0) is 22.4 Å². The highest BCUT2D eigenvalue weighted by atomic mass is 32.1. The molecule has 3 rings (SSSR count). The van der Waals surface area contributed by atoms with Crippen LogP contribution in [0.5, 0.6) is 5.75 Å². The van der Waals surface area contributed by atoms with E-state index in [1.165, 1.54) is 11.3 Å². The van der Waals surface area contributed by atoms with E-state index in [1.807, 2.05) is 0 Å². The van der Waals surface area contributed by atoms with Gasteiger partial charge in [0, 0.05) is 22.8 Å². The van der Waals surface area contributed by atoms with Crippen molar-refractivity contribution in [2.75, 3.05) is 18.5 Å². The molecular formula is C17H19N3O4S. The van der Waals surface area contributed by atoms with Crippen LogP contribution in [0.4, 0.5) is 5.13 Å². The van der Waals surface area contributed by atoms with E-state index in [1.54, 1.807) is 24.6 Å². The Morgan fingerprint density at radius 1 is 1.32 bits per heavy atom. The number of hydrogen-bond donors (Lipinski definition) is 1. The van der Waals surface area contributed by atoms with Gasteiger partial charge in [-0.25, -0.2) is 9.78 Å². The molecule has 1 aliphatic rings. The van der Waals surface area contributed by atoms with Crippen LogP contribution in [0.2, 0.25) is 0 Å². The van der Waals surface area contributed by atoms with Crippen molar-refractivity contribution in [2.24, 2.45) is 0 Å². The third-order valence-electron chi connectivity index (χ3n) is 3.79. The van der Waals surface area contributed by atoms with Crippen molar-refractivity contribution in [2.45, 2.75) is 32.6 Å².